The normalized spacial score (nSPS) is 15.2. The molecule has 620 valence electrons. The van der Waals surface area contributed by atoms with Gasteiger partial charge in [-0.3, -0.25) is 38.7 Å². The van der Waals surface area contributed by atoms with E-state index in [2.05, 4.69) is 48.6 Å². The summed E-state index contributed by atoms with van der Waals surface area (Å²) in [6.45, 7) is 8.43. The van der Waals surface area contributed by atoms with Gasteiger partial charge in [0, 0.05) is 141 Å². The molecule has 0 bridgehead atoms. The fraction of sp³-hybridized carbons (Fsp3) is 0.226. The first-order valence-corrected chi connectivity index (χ1v) is 38.7. The van der Waals surface area contributed by atoms with Gasteiger partial charge < -0.3 is 21.8 Å². The van der Waals surface area contributed by atoms with Crippen LogP contribution in [0.3, 0.4) is 0 Å². The quantitative estimate of drug-likeness (QED) is 0.0398. The third-order valence-corrected chi connectivity index (χ3v) is 21.9. The van der Waals surface area contributed by atoms with Crippen LogP contribution >= 0.6 is 0 Å². The van der Waals surface area contributed by atoms with Crippen LogP contribution in [-0.4, -0.2) is 57.0 Å². The predicted molar refractivity (Wildman–Crippen MR) is 429 cm³/mol. The first-order valence-electron chi connectivity index (χ1n) is 38.7. The molecule has 0 spiro atoms. The minimum absolute atomic E-state index is 0.0138. The Morgan fingerprint density at radius 1 is 0.562 bits per heavy atom. The molecule has 1 fully saturated rings. The number of carbonyl (C=O) groups is 3. The summed E-state index contributed by atoms with van der Waals surface area (Å²) in [6, 6.07) is 36.6. The third kappa shape index (κ3) is 19.4. The second-order valence-corrected chi connectivity index (χ2v) is 30.6. The molecule has 3 aliphatic carbocycles. The highest BCUT2D eigenvalue weighted by atomic mass is 19.4. The van der Waals surface area contributed by atoms with Crippen molar-refractivity contribution in [3.05, 3.63) is 350 Å². The Morgan fingerprint density at radius 3 is 1.55 bits per heavy atom. The summed E-state index contributed by atoms with van der Waals surface area (Å²) < 4.78 is 200. The van der Waals surface area contributed by atoms with Gasteiger partial charge in [0.2, 0.25) is 5.91 Å². The smallest absolute Gasteiger partial charge is 0.399 e. The molecule has 0 radical (unpaired) electrons. The number of rotatable bonds is 25. The minimum Gasteiger partial charge on any atom is -0.399 e. The van der Waals surface area contributed by atoms with Crippen molar-refractivity contribution in [2.75, 3.05) is 0 Å². The van der Waals surface area contributed by atoms with Crippen molar-refractivity contribution in [1.29, 1.82) is 0 Å². The van der Waals surface area contributed by atoms with Crippen LogP contribution in [0.1, 0.15) is 134 Å². The number of ketones is 2. The van der Waals surface area contributed by atoms with Gasteiger partial charge in [0.15, 0.2) is 17.3 Å². The van der Waals surface area contributed by atoms with Crippen LogP contribution in [0.5, 0.6) is 0 Å². The number of aryl methyl sites for hydroxylation is 2. The summed E-state index contributed by atoms with van der Waals surface area (Å²) in [4.78, 5) is 56.8. The second-order valence-electron chi connectivity index (χ2n) is 30.6. The summed E-state index contributed by atoms with van der Waals surface area (Å²) in [6.07, 6.45) is 7.14. The van der Waals surface area contributed by atoms with Gasteiger partial charge in [0.05, 0.1) is 48.8 Å². The maximum atomic E-state index is 15.1. The number of aromatic nitrogens is 8. The van der Waals surface area contributed by atoms with Crippen LogP contribution in [0.2, 0.25) is 0 Å². The molecule has 121 heavy (non-hydrogen) atoms. The first-order chi connectivity index (χ1) is 57.8. The lowest BCUT2D eigenvalue weighted by Gasteiger charge is -2.22. The fourth-order valence-corrected chi connectivity index (χ4v) is 16.3. The van der Waals surface area contributed by atoms with Gasteiger partial charge in [0.25, 0.3) is 0 Å². The van der Waals surface area contributed by atoms with E-state index in [1.54, 1.807) is 90.9 Å². The van der Waals surface area contributed by atoms with E-state index in [0.717, 1.165) is 60.3 Å². The van der Waals surface area contributed by atoms with Crippen molar-refractivity contribution in [3.63, 3.8) is 0 Å². The van der Waals surface area contributed by atoms with Crippen molar-refractivity contribution in [2.45, 2.75) is 127 Å². The molecule has 6 aromatic heterocycles. The van der Waals surface area contributed by atoms with Gasteiger partial charge in [0.1, 0.15) is 63.8 Å². The van der Waals surface area contributed by atoms with Crippen molar-refractivity contribution >= 4 is 39.8 Å². The van der Waals surface area contributed by atoms with Gasteiger partial charge in [-0.2, -0.15) is 23.4 Å². The Labute approximate surface area is 685 Å². The molecule has 2 unspecified atom stereocenters. The number of H-pyrrole nitrogens is 1. The Bertz CT molecular complexity index is 6110. The van der Waals surface area contributed by atoms with Crippen LogP contribution in [0.15, 0.2) is 208 Å². The lowest BCUT2D eigenvalue weighted by molar-refractivity contribution is -0.143. The molecule has 7 aromatic carbocycles. The van der Waals surface area contributed by atoms with Gasteiger partial charge in [-0.05, 0) is 224 Å². The topological polar surface area (TPSA) is 205 Å². The Hall–Kier alpha value is -13.1. The lowest BCUT2D eigenvalue weighted by Crippen LogP contribution is -2.32. The fourth-order valence-electron chi connectivity index (χ4n) is 16.3. The number of pyridine rings is 3. The lowest BCUT2D eigenvalue weighted by atomic mass is 9.86. The number of benzene rings is 7. The van der Waals surface area contributed by atoms with E-state index in [-0.39, 0.29) is 109 Å². The number of nitrogens with two attached hydrogens (primary N) is 2. The van der Waals surface area contributed by atoms with Crippen molar-refractivity contribution in [2.24, 2.45) is 17.4 Å². The number of halogens is 14. The Kier molecular flexibility index (Phi) is 24.7. The highest BCUT2D eigenvalue weighted by Crippen LogP contribution is 2.65. The summed E-state index contributed by atoms with van der Waals surface area (Å²) in [7, 11) is 0. The number of nitrogens with one attached hydrogen (secondary N) is 2. The SMILES string of the molecule is C=C(N)c1cc(-c2cccnc2[C@@H](CC(=O)Cn2nc(C(F)(F)F)c3c2CC2CC32F)Cc2cc(F)cc(F)c2)ccc1F.C=C(N)c1cc(-c2cccnc2[C@@H](CC(=O)Cn2ncc3c2CCCC3)Cc2cc(F)cc(F)c2)ccc1F.Cc1cc(-c2cccnc2[C@H](Cc2cc(F)cc(F)c2)NC(=O)Cc2c[nH]c3ccc(F)cc23)ccc1F. The maximum absolute atomic E-state index is 15.1. The third-order valence-electron chi connectivity index (χ3n) is 21.9. The highest BCUT2D eigenvalue weighted by molar-refractivity contribution is 5.89. The number of carbonyl (C=O) groups excluding carboxylic acids is 3. The molecule has 1 amide bonds. The van der Waals surface area contributed by atoms with Crippen LogP contribution in [-0.2, 0) is 84.3 Å². The summed E-state index contributed by atoms with van der Waals surface area (Å²) in [5.74, 6) is -9.29. The van der Waals surface area contributed by atoms with E-state index in [1.807, 2.05) is 12.3 Å². The van der Waals surface area contributed by atoms with Gasteiger partial charge >= 0.3 is 6.18 Å². The monoisotopic (exact) mass is 1660 g/mol. The molecule has 13 aromatic rings. The zero-order valence-corrected chi connectivity index (χ0v) is 64.9. The van der Waals surface area contributed by atoms with E-state index in [0.29, 0.717) is 89.7 Å². The number of nitrogens with zero attached hydrogens (tertiary/aromatic N) is 7. The van der Waals surface area contributed by atoms with Gasteiger partial charge in [-0.1, -0.05) is 49.6 Å². The molecule has 3 aliphatic rings. The molecule has 0 aliphatic heterocycles. The van der Waals surface area contributed by atoms with E-state index in [1.165, 1.54) is 78.5 Å². The molecular weight excluding hydrogens is 1590 g/mol. The zero-order chi connectivity index (χ0) is 85.9. The van der Waals surface area contributed by atoms with Crippen molar-refractivity contribution < 1.29 is 75.8 Å². The Morgan fingerprint density at radius 2 is 1.04 bits per heavy atom. The average Bonchev–Trinajstić information content (AvgIpc) is 1.52. The molecule has 0 saturated heterocycles. The molecular formula is C93H77F14N11O3. The molecule has 28 heteroatoms. The number of hydrogen-bond acceptors (Lipinski definition) is 10. The molecule has 6 N–H and O–H groups in total. The van der Waals surface area contributed by atoms with E-state index >= 15 is 4.39 Å². The highest BCUT2D eigenvalue weighted by Gasteiger charge is 2.66. The summed E-state index contributed by atoms with van der Waals surface area (Å²) >= 11 is 0. The van der Waals surface area contributed by atoms with Gasteiger partial charge in [-0.25, -0.2) is 48.3 Å². The Balaban J connectivity index is 0.000000149. The average molecular weight is 1660 g/mol. The molecule has 6 heterocycles. The second kappa shape index (κ2) is 35.4. The minimum atomic E-state index is -4.90. The van der Waals surface area contributed by atoms with Crippen molar-refractivity contribution in [1.82, 2.24) is 44.8 Å². The largest absolute Gasteiger partial charge is 0.435 e. The molecule has 16 rings (SSSR count). The molecule has 14 nitrogen and oxygen atoms in total. The van der Waals surface area contributed by atoms with Crippen LogP contribution in [0, 0.1) is 71.0 Å². The first kappa shape index (κ1) is 84.3. The van der Waals surface area contributed by atoms with E-state index in [4.69, 9.17) is 11.5 Å². The number of hydrogen-bond donors (Lipinski definition) is 4. The number of amides is 1. The van der Waals surface area contributed by atoms with Gasteiger partial charge in [-0.15, -0.1) is 0 Å². The van der Waals surface area contributed by atoms with E-state index in [9.17, 15) is 71.5 Å². The number of alkyl halides is 4. The summed E-state index contributed by atoms with van der Waals surface area (Å²) in [5, 5.41) is 11.6. The maximum Gasteiger partial charge on any atom is 0.435 e. The number of fused-ring (bicyclic) bond motifs is 5. The standard InChI is InChI=1S/C32H25F7N4O.C31H29F3N4O.C30H23F4N3O/c1-16(40)25-11-18(4-5-26(25)35)24-3-2-6-41-29(24)19(7-17-8-21(33)13-22(34)9-17)10-23(44)15-43-27-12-20-14-31(20,36)28(27)30(42-43)32(37,38)39;1-19(35)28-15-21(8-9-29(28)34)27-6-4-10-36-31(27)23(11-20-12-24(32)16-25(33)13-20)14-26(39)18-38-30-7-3-2-5-22(30)17-37-38;1-17-9-19(4-6-26(17)34)24-3-2-8-35-30(24)28(12-18-10-22(32)14-23(33)11-18)37-29(38)13-20-16-36-27-7-5-21(31)15-25(20)27/h2-6,8-9,11,13,19-20H,1,7,10,12,14-15,40H2;4,6,8-10,12-13,15-17,23H,1-3,5,7,11,14,18,35H2;2-11,14-16,28,36H,12-13H2,1H3,(H,37,38)/t19-,20?,31?;23-;28-/m110/s1. The number of aromatic amines is 1. The number of Topliss-reactive ketones (excluding diaryl/α,β-unsaturated/α-hetero) is 2. The van der Waals surface area contributed by atoms with Crippen molar-refractivity contribution in [3.8, 4) is 33.4 Å². The molecule has 1 saturated carbocycles. The van der Waals surface area contributed by atoms with Crippen LogP contribution in [0.25, 0.3) is 55.7 Å². The van der Waals surface area contributed by atoms with Crippen LogP contribution < -0.4 is 16.8 Å². The van der Waals surface area contributed by atoms with E-state index < -0.39 is 112 Å². The zero-order valence-electron chi connectivity index (χ0n) is 64.9. The van der Waals surface area contributed by atoms with Crippen LogP contribution in [0.4, 0.5) is 61.5 Å². The molecule has 5 atom stereocenters. The predicted octanol–water partition coefficient (Wildman–Crippen LogP) is 19.9. The summed E-state index contributed by atoms with van der Waals surface area (Å²) in [5.41, 5.74) is 17.9.